The Hall–Kier alpha value is -1.85. The number of aryl methyl sites for hydroxylation is 1. The maximum absolute atomic E-state index is 12.7. The zero-order valence-corrected chi connectivity index (χ0v) is 14.8. The molecule has 1 fully saturated rings. The number of nitrogens with one attached hydrogen (secondary N) is 1. The molecule has 0 spiro atoms. The molecule has 2 atom stereocenters. The lowest BCUT2D eigenvalue weighted by Crippen LogP contribution is -2.46. The lowest BCUT2D eigenvalue weighted by Gasteiger charge is -2.32. The van der Waals surface area contributed by atoms with E-state index in [9.17, 15) is 13.6 Å². The van der Waals surface area contributed by atoms with Crippen molar-refractivity contribution in [2.75, 3.05) is 6.54 Å². The molecule has 138 valence electrons. The molecule has 1 N–H and O–H groups in total. The Morgan fingerprint density at radius 2 is 2.08 bits per heavy atom. The van der Waals surface area contributed by atoms with Crippen LogP contribution >= 0.6 is 0 Å². The number of amides is 2. The fourth-order valence-corrected chi connectivity index (χ4v) is 4.09. The van der Waals surface area contributed by atoms with E-state index in [1.54, 1.807) is 18.2 Å². The highest BCUT2D eigenvalue weighted by atomic mass is 19.3. The number of urea groups is 1. The molecule has 0 radical (unpaired) electrons. The first-order chi connectivity index (χ1) is 12.0. The minimum absolute atomic E-state index is 0.0121. The van der Waals surface area contributed by atoms with Crippen LogP contribution in [0.25, 0.3) is 0 Å². The molecule has 6 heteroatoms. The van der Waals surface area contributed by atoms with E-state index in [0.29, 0.717) is 12.0 Å². The van der Waals surface area contributed by atoms with Crippen molar-refractivity contribution in [1.82, 2.24) is 10.2 Å². The fraction of sp³-hybridized carbons (Fsp3) is 0.632. The van der Waals surface area contributed by atoms with E-state index in [1.165, 1.54) is 0 Å². The average molecular weight is 352 g/mol. The quantitative estimate of drug-likeness (QED) is 0.867. The number of benzene rings is 1. The molecule has 1 aromatic rings. The van der Waals surface area contributed by atoms with Gasteiger partial charge >= 0.3 is 12.6 Å². The molecule has 1 heterocycles. The SMILES string of the molecule is CC(C)[C@@H]1CCCN1C(=O)N[C@@H]1CCCc2cc(OC(F)F)ccc21. The Morgan fingerprint density at radius 1 is 1.28 bits per heavy atom. The zero-order chi connectivity index (χ0) is 18.0. The van der Waals surface area contributed by atoms with Gasteiger partial charge in [-0.15, -0.1) is 0 Å². The van der Waals surface area contributed by atoms with Gasteiger partial charge in [0.05, 0.1) is 6.04 Å². The van der Waals surface area contributed by atoms with Gasteiger partial charge in [0.25, 0.3) is 0 Å². The number of alkyl halides is 2. The number of halogens is 2. The fourth-order valence-electron chi connectivity index (χ4n) is 4.09. The molecular formula is C19H26F2N2O2. The summed E-state index contributed by atoms with van der Waals surface area (Å²) in [5.74, 6) is 0.626. The van der Waals surface area contributed by atoms with Crippen LogP contribution in [0.2, 0.25) is 0 Å². The summed E-state index contributed by atoms with van der Waals surface area (Å²) in [6.45, 7) is 2.28. The van der Waals surface area contributed by atoms with Gasteiger partial charge in [-0.2, -0.15) is 8.78 Å². The van der Waals surface area contributed by atoms with E-state index >= 15 is 0 Å². The summed E-state index contributed by atoms with van der Waals surface area (Å²) < 4.78 is 29.3. The Morgan fingerprint density at radius 3 is 2.80 bits per heavy atom. The molecule has 25 heavy (non-hydrogen) atoms. The number of hydrogen-bond donors (Lipinski definition) is 1. The van der Waals surface area contributed by atoms with E-state index in [1.807, 2.05) is 4.90 Å². The van der Waals surface area contributed by atoms with Gasteiger partial charge in [0, 0.05) is 12.6 Å². The summed E-state index contributed by atoms with van der Waals surface area (Å²) in [5, 5.41) is 3.16. The Kier molecular flexibility index (Phi) is 5.45. The lowest BCUT2D eigenvalue weighted by atomic mass is 9.87. The van der Waals surface area contributed by atoms with E-state index in [2.05, 4.69) is 23.9 Å². The van der Waals surface area contributed by atoms with Gasteiger partial charge in [0.1, 0.15) is 5.75 Å². The molecule has 3 rings (SSSR count). The first-order valence-corrected chi connectivity index (χ1v) is 9.10. The van der Waals surface area contributed by atoms with Gasteiger partial charge in [-0.25, -0.2) is 4.79 Å². The number of fused-ring (bicyclic) bond motifs is 1. The standard InChI is InChI=1S/C19H26F2N2O2/c1-12(2)17-7-4-10-23(17)19(24)22-16-6-3-5-13-11-14(25-18(20)21)8-9-15(13)16/h8-9,11-12,16-18H,3-7,10H2,1-2H3,(H,22,24)/t16-,17+/m1/s1. The minimum atomic E-state index is -2.82. The third-order valence-electron chi connectivity index (χ3n) is 5.28. The number of carbonyl (C=O) groups excluding carboxylic acids is 1. The van der Waals surface area contributed by atoms with Gasteiger partial charge in [-0.05, 0) is 61.3 Å². The summed E-state index contributed by atoms with van der Waals surface area (Å²) in [7, 11) is 0. The van der Waals surface area contributed by atoms with Gasteiger partial charge in [0.2, 0.25) is 0 Å². The molecule has 0 unspecified atom stereocenters. The topological polar surface area (TPSA) is 41.6 Å². The van der Waals surface area contributed by atoms with Gasteiger partial charge in [-0.3, -0.25) is 0 Å². The van der Waals surface area contributed by atoms with Crippen LogP contribution in [0.1, 0.15) is 56.7 Å². The van der Waals surface area contributed by atoms with Crippen LogP contribution in [0.5, 0.6) is 5.75 Å². The summed E-state index contributed by atoms with van der Waals surface area (Å²) >= 11 is 0. The van der Waals surface area contributed by atoms with Gasteiger partial charge in [0.15, 0.2) is 0 Å². The van der Waals surface area contributed by atoms with Crippen molar-refractivity contribution in [3.8, 4) is 5.75 Å². The monoisotopic (exact) mass is 352 g/mol. The minimum Gasteiger partial charge on any atom is -0.435 e. The van der Waals surface area contributed by atoms with Crippen LogP contribution in [0, 0.1) is 5.92 Å². The zero-order valence-electron chi connectivity index (χ0n) is 14.8. The van der Waals surface area contributed by atoms with Crippen molar-refractivity contribution in [2.45, 2.75) is 64.6 Å². The van der Waals surface area contributed by atoms with Crippen molar-refractivity contribution in [3.63, 3.8) is 0 Å². The molecule has 1 saturated heterocycles. The molecule has 0 saturated carbocycles. The highest BCUT2D eigenvalue weighted by molar-refractivity contribution is 5.75. The van der Waals surface area contributed by atoms with E-state index < -0.39 is 6.61 Å². The summed E-state index contributed by atoms with van der Waals surface area (Å²) in [4.78, 5) is 14.7. The van der Waals surface area contributed by atoms with Crippen molar-refractivity contribution >= 4 is 6.03 Å². The van der Waals surface area contributed by atoms with Crippen LogP contribution in [-0.2, 0) is 6.42 Å². The van der Waals surface area contributed by atoms with Gasteiger partial charge < -0.3 is 15.0 Å². The normalized spacial score (nSPS) is 23.0. The molecule has 2 amide bonds. The molecule has 1 aliphatic carbocycles. The summed E-state index contributed by atoms with van der Waals surface area (Å²) in [6, 6.07) is 5.26. The van der Waals surface area contributed by atoms with Crippen LogP contribution < -0.4 is 10.1 Å². The van der Waals surface area contributed by atoms with Crippen LogP contribution in [0.4, 0.5) is 13.6 Å². The summed E-state index contributed by atoms with van der Waals surface area (Å²) in [5.41, 5.74) is 2.00. The van der Waals surface area contributed by atoms with Crippen LogP contribution in [-0.4, -0.2) is 30.1 Å². The maximum Gasteiger partial charge on any atom is 0.387 e. The molecule has 4 nitrogen and oxygen atoms in total. The number of carbonyl (C=O) groups is 1. The van der Waals surface area contributed by atoms with Crippen molar-refractivity contribution < 1.29 is 18.3 Å². The predicted molar refractivity (Wildman–Crippen MR) is 91.9 cm³/mol. The highest BCUT2D eigenvalue weighted by Gasteiger charge is 2.32. The van der Waals surface area contributed by atoms with Crippen LogP contribution in [0.3, 0.4) is 0 Å². The van der Waals surface area contributed by atoms with Crippen LogP contribution in [0.15, 0.2) is 18.2 Å². The molecule has 1 aliphatic heterocycles. The first-order valence-electron chi connectivity index (χ1n) is 9.10. The third kappa shape index (κ3) is 4.05. The summed E-state index contributed by atoms with van der Waals surface area (Å²) in [6.07, 6.45) is 4.71. The smallest absolute Gasteiger partial charge is 0.387 e. The predicted octanol–water partition coefficient (Wildman–Crippen LogP) is 4.50. The van der Waals surface area contributed by atoms with Crippen molar-refractivity contribution in [1.29, 1.82) is 0 Å². The number of nitrogens with zero attached hydrogens (tertiary/aromatic N) is 1. The largest absolute Gasteiger partial charge is 0.435 e. The number of ether oxygens (including phenoxy) is 1. The Bertz CT molecular complexity index is 621. The maximum atomic E-state index is 12.7. The second-order valence-corrected chi connectivity index (χ2v) is 7.28. The third-order valence-corrected chi connectivity index (χ3v) is 5.28. The Balaban J connectivity index is 1.71. The molecule has 1 aromatic carbocycles. The second kappa shape index (κ2) is 7.58. The first kappa shape index (κ1) is 18.0. The van der Waals surface area contributed by atoms with Crippen molar-refractivity contribution in [2.24, 2.45) is 5.92 Å². The molecular weight excluding hydrogens is 326 g/mol. The highest BCUT2D eigenvalue weighted by Crippen LogP contribution is 2.33. The number of likely N-dealkylation sites (tertiary alicyclic amines) is 1. The Labute approximate surface area is 147 Å². The van der Waals surface area contributed by atoms with E-state index in [4.69, 9.17) is 0 Å². The molecule has 0 aromatic heterocycles. The van der Waals surface area contributed by atoms with E-state index in [-0.39, 0.29) is 17.8 Å². The van der Waals surface area contributed by atoms with Crippen molar-refractivity contribution in [3.05, 3.63) is 29.3 Å². The average Bonchev–Trinajstić information content (AvgIpc) is 3.04. The number of hydrogen-bond acceptors (Lipinski definition) is 2. The second-order valence-electron chi connectivity index (χ2n) is 7.28. The molecule has 2 aliphatic rings. The lowest BCUT2D eigenvalue weighted by molar-refractivity contribution is -0.0499. The number of rotatable bonds is 4. The van der Waals surface area contributed by atoms with E-state index in [0.717, 1.165) is 49.8 Å². The molecule has 0 bridgehead atoms. The van der Waals surface area contributed by atoms with Gasteiger partial charge in [-0.1, -0.05) is 19.9 Å².